The zero-order valence-corrected chi connectivity index (χ0v) is 10.8. The average molecular weight is 274 g/mol. The maximum absolute atomic E-state index is 11.7. The summed E-state index contributed by atoms with van der Waals surface area (Å²) in [7, 11) is -3.71. The SMILES string of the molecule is C=CCSCCNS(=O)(=O)c1c[nH]ccc1=O. The molecule has 94 valence electrons. The van der Waals surface area contributed by atoms with Crippen LogP contribution in [0.2, 0.25) is 0 Å². The third-order valence-electron chi connectivity index (χ3n) is 1.85. The van der Waals surface area contributed by atoms with Crippen molar-refractivity contribution in [1.82, 2.24) is 9.71 Å². The highest BCUT2D eigenvalue weighted by molar-refractivity contribution is 7.99. The monoisotopic (exact) mass is 274 g/mol. The Labute approximate surface area is 104 Å². The van der Waals surface area contributed by atoms with Gasteiger partial charge in [-0.3, -0.25) is 4.79 Å². The van der Waals surface area contributed by atoms with Gasteiger partial charge in [-0.15, -0.1) is 6.58 Å². The van der Waals surface area contributed by atoms with E-state index in [1.54, 1.807) is 17.8 Å². The largest absolute Gasteiger partial charge is 0.366 e. The van der Waals surface area contributed by atoms with E-state index in [0.29, 0.717) is 5.75 Å². The molecule has 0 atom stereocenters. The van der Waals surface area contributed by atoms with E-state index < -0.39 is 15.5 Å². The van der Waals surface area contributed by atoms with E-state index in [4.69, 9.17) is 0 Å². The summed E-state index contributed by atoms with van der Waals surface area (Å²) in [5.41, 5.74) is -0.519. The van der Waals surface area contributed by atoms with Crippen LogP contribution in [0.1, 0.15) is 0 Å². The van der Waals surface area contributed by atoms with Crippen molar-refractivity contribution in [3.05, 3.63) is 41.3 Å². The molecule has 0 amide bonds. The highest BCUT2D eigenvalue weighted by Crippen LogP contribution is 2.01. The van der Waals surface area contributed by atoms with Crippen LogP contribution in [0.25, 0.3) is 0 Å². The van der Waals surface area contributed by atoms with Crippen LogP contribution in [-0.4, -0.2) is 31.5 Å². The molecule has 1 heterocycles. The summed E-state index contributed by atoms with van der Waals surface area (Å²) in [5.74, 6) is 1.41. The topological polar surface area (TPSA) is 79.0 Å². The van der Waals surface area contributed by atoms with Crippen molar-refractivity contribution in [2.75, 3.05) is 18.1 Å². The lowest BCUT2D eigenvalue weighted by Gasteiger charge is -2.04. The number of hydrogen-bond acceptors (Lipinski definition) is 4. The lowest BCUT2D eigenvalue weighted by atomic mass is 10.5. The van der Waals surface area contributed by atoms with Crippen LogP contribution >= 0.6 is 11.8 Å². The quantitative estimate of drug-likeness (QED) is 0.563. The van der Waals surface area contributed by atoms with Gasteiger partial charge in [-0.05, 0) is 0 Å². The lowest BCUT2D eigenvalue weighted by molar-refractivity contribution is 0.583. The van der Waals surface area contributed by atoms with Crippen molar-refractivity contribution in [3.63, 3.8) is 0 Å². The van der Waals surface area contributed by atoms with Crippen LogP contribution < -0.4 is 10.2 Å². The number of rotatable bonds is 7. The molecule has 2 N–H and O–H groups in total. The summed E-state index contributed by atoms with van der Waals surface area (Å²) < 4.78 is 25.8. The fourth-order valence-electron chi connectivity index (χ4n) is 1.10. The van der Waals surface area contributed by atoms with Crippen molar-refractivity contribution in [3.8, 4) is 0 Å². The molecule has 0 bridgehead atoms. The predicted octanol–water partition coefficient (Wildman–Crippen LogP) is 0.572. The molecule has 17 heavy (non-hydrogen) atoms. The van der Waals surface area contributed by atoms with Crippen LogP contribution in [0.5, 0.6) is 0 Å². The van der Waals surface area contributed by atoms with E-state index in [0.717, 1.165) is 5.75 Å². The molecular weight excluding hydrogens is 260 g/mol. The smallest absolute Gasteiger partial charge is 0.245 e. The maximum Gasteiger partial charge on any atom is 0.245 e. The minimum Gasteiger partial charge on any atom is -0.366 e. The number of aromatic nitrogens is 1. The fourth-order valence-corrected chi connectivity index (χ4v) is 2.89. The van der Waals surface area contributed by atoms with Gasteiger partial charge in [0.2, 0.25) is 15.5 Å². The summed E-state index contributed by atoms with van der Waals surface area (Å²) >= 11 is 1.56. The van der Waals surface area contributed by atoms with Crippen LogP contribution in [0, 0.1) is 0 Å². The van der Waals surface area contributed by atoms with Gasteiger partial charge in [0.25, 0.3) is 0 Å². The fraction of sp³-hybridized carbons (Fsp3) is 0.300. The number of thioether (sulfide) groups is 1. The van der Waals surface area contributed by atoms with Crippen LogP contribution in [0.15, 0.2) is 40.8 Å². The molecule has 0 fully saturated rings. The van der Waals surface area contributed by atoms with E-state index in [9.17, 15) is 13.2 Å². The molecule has 0 aliphatic carbocycles. The van der Waals surface area contributed by atoms with Crippen molar-refractivity contribution in [1.29, 1.82) is 0 Å². The van der Waals surface area contributed by atoms with Gasteiger partial charge in [0.1, 0.15) is 4.90 Å². The summed E-state index contributed by atoms with van der Waals surface area (Å²) in [6, 6.07) is 1.18. The molecule has 0 aliphatic heterocycles. The molecule has 1 rings (SSSR count). The number of aromatic amines is 1. The molecule has 0 aliphatic rings. The van der Waals surface area contributed by atoms with Gasteiger partial charge < -0.3 is 4.98 Å². The van der Waals surface area contributed by atoms with E-state index in [2.05, 4.69) is 16.3 Å². The molecule has 0 spiro atoms. The molecule has 0 aromatic carbocycles. The number of pyridine rings is 1. The second kappa shape index (κ2) is 6.63. The zero-order chi connectivity index (χ0) is 12.7. The van der Waals surface area contributed by atoms with E-state index in [1.165, 1.54) is 18.5 Å². The Balaban J connectivity index is 2.61. The first-order chi connectivity index (χ1) is 8.08. The average Bonchev–Trinajstić information content (AvgIpc) is 2.29. The third kappa shape index (κ3) is 4.37. The summed E-state index contributed by atoms with van der Waals surface area (Å²) in [6.07, 6.45) is 4.32. The van der Waals surface area contributed by atoms with Crippen molar-refractivity contribution >= 4 is 21.8 Å². The van der Waals surface area contributed by atoms with Gasteiger partial charge >= 0.3 is 0 Å². The number of hydrogen-bond donors (Lipinski definition) is 2. The van der Waals surface area contributed by atoms with Gasteiger partial charge in [-0.25, -0.2) is 13.1 Å². The Kier molecular flexibility index (Phi) is 5.46. The zero-order valence-electron chi connectivity index (χ0n) is 9.18. The molecule has 0 saturated carbocycles. The molecule has 1 aromatic rings. The van der Waals surface area contributed by atoms with E-state index in [1.807, 2.05) is 0 Å². The second-order valence-corrected chi connectivity index (χ2v) is 6.02. The Hall–Kier alpha value is -1.05. The summed E-state index contributed by atoms with van der Waals surface area (Å²) in [6.45, 7) is 3.85. The molecule has 5 nitrogen and oxygen atoms in total. The second-order valence-electron chi connectivity index (χ2n) is 3.13. The van der Waals surface area contributed by atoms with Crippen LogP contribution in [-0.2, 0) is 10.0 Å². The van der Waals surface area contributed by atoms with E-state index in [-0.39, 0.29) is 11.4 Å². The van der Waals surface area contributed by atoms with E-state index >= 15 is 0 Å². The van der Waals surface area contributed by atoms with Gasteiger partial charge in [-0.2, -0.15) is 11.8 Å². The van der Waals surface area contributed by atoms with Gasteiger partial charge in [0, 0.05) is 36.5 Å². The summed E-state index contributed by atoms with van der Waals surface area (Å²) in [4.78, 5) is 13.7. The molecule has 7 heteroatoms. The number of nitrogens with one attached hydrogen (secondary N) is 2. The van der Waals surface area contributed by atoms with Gasteiger partial charge in [-0.1, -0.05) is 6.08 Å². The molecule has 0 saturated heterocycles. The van der Waals surface area contributed by atoms with Crippen molar-refractivity contribution in [2.45, 2.75) is 4.90 Å². The Bertz CT molecular complexity index is 522. The first-order valence-corrected chi connectivity index (χ1v) is 7.57. The molecule has 0 radical (unpaired) electrons. The molecule has 1 aromatic heterocycles. The third-order valence-corrected chi connectivity index (χ3v) is 4.30. The Morgan fingerprint density at radius 1 is 1.53 bits per heavy atom. The molecule has 0 unspecified atom stereocenters. The first kappa shape index (κ1) is 14.0. The predicted molar refractivity (Wildman–Crippen MR) is 69.8 cm³/mol. The highest BCUT2D eigenvalue weighted by atomic mass is 32.2. The minimum atomic E-state index is -3.71. The normalized spacial score (nSPS) is 11.3. The number of H-pyrrole nitrogens is 1. The standard InChI is InChI=1S/C10H14N2O3S2/c1-2-6-16-7-5-12-17(14,15)10-8-11-4-3-9(10)13/h2-4,8,12H,1,5-7H2,(H,11,13). The van der Waals surface area contributed by atoms with Crippen molar-refractivity contribution < 1.29 is 8.42 Å². The maximum atomic E-state index is 11.7. The van der Waals surface area contributed by atoms with Gasteiger partial charge in [0.15, 0.2) is 0 Å². The lowest BCUT2D eigenvalue weighted by Crippen LogP contribution is -2.30. The minimum absolute atomic E-state index is 0.256. The molecular formula is C10H14N2O3S2. The van der Waals surface area contributed by atoms with Crippen molar-refractivity contribution in [2.24, 2.45) is 0 Å². The number of sulfonamides is 1. The highest BCUT2D eigenvalue weighted by Gasteiger charge is 2.16. The first-order valence-electron chi connectivity index (χ1n) is 4.93. The van der Waals surface area contributed by atoms with Gasteiger partial charge in [0.05, 0.1) is 0 Å². The van der Waals surface area contributed by atoms with Crippen LogP contribution in [0.4, 0.5) is 0 Å². The summed E-state index contributed by atoms with van der Waals surface area (Å²) in [5, 5.41) is 0. The Morgan fingerprint density at radius 2 is 2.29 bits per heavy atom. The Morgan fingerprint density at radius 3 is 2.94 bits per heavy atom. The van der Waals surface area contributed by atoms with Crippen LogP contribution in [0.3, 0.4) is 0 Å².